The van der Waals surface area contributed by atoms with Crippen molar-refractivity contribution in [3.8, 4) is 0 Å². The van der Waals surface area contributed by atoms with Gasteiger partial charge in [-0.3, -0.25) is 0 Å². The number of nitrogens with zero attached hydrogens (tertiary/aromatic N) is 2. The van der Waals surface area contributed by atoms with Gasteiger partial charge in [-0.1, -0.05) is 30.7 Å². The summed E-state index contributed by atoms with van der Waals surface area (Å²) >= 11 is 7.71. The van der Waals surface area contributed by atoms with Gasteiger partial charge in [0.15, 0.2) is 0 Å². The molecule has 1 unspecified atom stereocenters. The molecule has 2 amide bonds. The monoisotopic (exact) mass is 455 g/mol. The number of benzene rings is 2. The number of anilines is 1. The van der Waals surface area contributed by atoms with Crippen molar-refractivity contribution in [3.63, 3.8) is 0 Å². The third-order valence-corrected chi connectivity index (χ3v) is 5.83. The second-order valence-electron chi connectivity index (χ2n) is 7.32. The summed E-state index contributed by atoms with van der Waals surface area (Å²) < 4.78 is 38.2. The van der Waals surface area contributed by atoms with Crippen molar-refractivity contribution in [3.05, 3.63) is 64.7 Å². The van der Waals surface area contributed by atoms with Crippen molar-refractivity contribution in [2.45, 2.75) is 19.5 Å². The Labute approximate surface area is 182 Å². The Morgan fingerprint density at radius 2 is 1.83 bits per heavy atom. The smallest absolute Gasteiger partial charge is 0.306 e. The van der Waals surface area contributed by atoms with Crippen molar-refractivity contribution >= 4 is 40.8 Å². The van der Waals surface area contributed by atoms with Crippen LogP contribution in [0.3, 0.4) is 0 Å². The van der Waals surface area contributed by atoms with Crippen LogP contribution < -0.4 is 5.32 Å². The summed E-state index contributed by atoms with van der Waals surface area (Å²) in [5, 5.41) is 9.12. The molecule has 0 aromatic heterocycles. The fourth-order valence-corrected chi connectivity index (χ4v) is 4.05. The van der Waals surface area contributed by atoms with Gasteiger partial charge in [0.25, 0.3) is 0 Å². The van der Waals surface area contributed by atoms with Crippen LogP contribution in [-0.4, -0.2) is 35.3 Å². The lowest BCUT2D eigenvalue weighted by atomic mass is 9.80. The maximum atomic E-state index is 12.7. The van der Waals surface area contributed by atoms with Gasteiger partial charge >= 0.3 is 12.2 Å². The van der Waals surface area contributed by atoms with E-state index in [9.17, 15) is 18.0 Å². The second-order valence-corrected chi connectivity index (χ2v) is 8.74. The van der Waals surface area contributed by atoms with E-state index >= 15 is 0 Å². The standard InChI is InChI=1S/C21H21ClF3N3OS/c1-20(11-12-30-2)13-28(27-18(20)14-3-7-16(22)8-4-14)19(29)26-17-9-5-15(6-10-17)21(23,24)25/h3-10H,11-13H2,1-2H3,(H,26,29). The molecule has 4 nitrogen and oxygen atoms in total. The molecule has 0 saturated carbocycles. The van der Waals surface area contributed by atoms with Gasteiger partial charge in [0.05, 0.1) is 17.8 Å². The van der Waals surface area contributed by atoms with Crippen molar-refractivity contribution < 1.29 is 18.0 Å². The molecule has 1 atom stereocenters. The van der Waals surface area contributed by atoms with E-state index in [4.69, 9.17) is 11.6 Å². The van der Waals surface area contributed by atoms with Crippen LogP contribution in [0.4, 0.5) is 23.7 Å². The van der Waals surface area contributed by atoms with Gasteiger partial charge in [0.2, 0.25) is 0 Å². The van der Waals surface area contributed by atoms with Gasteiger partial charge < -0.3 is 5.32 Å². The zero-order chi connectivity index (χ0) is 21.9. The minimum atomic E-state index is -4.42. The van der Waals surface area contributed by atoms with Crippen LogP contribution in [-0.2, 0) is 6.18 Å². The molecule has 2 aromatic rings. The highest BCUT2D eigenvalue weighted by Crippen LogP contribution is 2.36. The lowest BCUT2D eigenvalue weighted by molar-refractivity contribution is -0.137. The topological polar surface area (TPSA) is 44.7 Å². The average molecular weight is 456 g/mol. The number of carbonyl (C=O) groups is 1. The molecule has 160 valence electrons. The highest BCUT2D eigenvalue weighted by molar-refractivity contribution is 7.98. The number of nitrogens with one attached hydrogen (secondary N) is 1. The molecule has 0 spiro atoms. The Hall–Kier alpha value is -2.19. The summed E-state index contributed by atoms with van der Waals surface area (Å²) in [7, 11) is 0. The number of halogens is 4. The van der Waals surface area contributed by atoms with Crippen LogP contribution in [0.2, 0.25) is 5.02 Å². The molecule has 0 bridgehead atoms. The Kier molecular flexibility index (Phi) is 6.67. The SMILES string of the molecule is CSCCC1(C)CN(C(=O)Nc2ccc(C(F)(F)F)cc2)N=C1c1ccc(Cl)cc1. The molecule has 0 saturated heterocycles. The first-order valence-electron chi connectivity index (χ1n) is 9.22. The largest absolute Gasteiger partial charge is 0.416 e. The van der Waals surface area contributed by atoms with Crippen LogP contribution >= 0.6 is 23.4 Å². The lowest BCUT2D eigenvalue weighted by Crippen LogP contribution is -2.36. The third kappa shape index (κ3) is 5.10. The number of hydrogen-bond donors (Lipinski definition) is 1. The lowest BCUT2D eigenvalue weighted by Gasteiger charge is -2.26. The minimum absolute atomic E-state index is 0.272. The quantitative estimate of drug-likeness (QED) is 0.569. The second kappa shape index (κ2) is 8.89. The van der Waals surface area contributed by atoms with E-state index in [1.165, 1.54) is 17.1 Å². The van der Waals surface area contributed by atoms with Crippen molar-refractivity contribution in [1.29, 1.82) is 0 Å². The number of thioether (sulfide) groups is 1. The Balaban J connectivity index is 1.81. The number of carbonyl (C=O) groups excluding carboxylic acids is 1. The summed E-state index contributed by atoms with van der Waals surface area (Å²) in [5.74, 6) is 0.900. The molecular weight excluding hydrogens is 435 g/mol. The number of hydrazone groups is 1. The van der Waals surface area contributed by atoms with Crippen LogP contribution in [0.1, 0.15) is 24.5 Å². The molecule has 2 aromatic carbocycles. The van der Waals surface area contributed by atoms with Gasteiger partial charge in [0.1, 0.15) is 0 Å². The Bertz CT molecular complexity index is 932. The number of rotatable bonds is 5. The Morgan fingerprint density at radius 1 is 1.20 bits per heavy atom. The average Bonchev–Trinajstić information content (AvgIpc) is 3.05. The van der Waals surface area contributed by atoms with E-state index in [1.54, 1.807) is 23.9 Å². The van der Waals surface area contributed by atoms with E-state index in [0.29, 0.717) is 11.6 Å². The predicted molar refractivity (Wildman–Crippen MR) is 116 cm³/mol. The van der Waals surface area contributed by atoms with E-state index in [-0.39, 0.29) is 11.1 Å². The van der Waals surface area contributed by atoms with Gasteiger partial charge in [0, 0.05) is 16.1 Å². The van der Waals surface area contributed by atoms with Gasteiger partial charge in [-0.25, -0.2) is 9.80 Å². The molecule has 0 aliphatic carbocycles. The molecule has 3 rings (SSSR count). The van der Waals surface area contributed by atoms with Gasteiger partial charge in [-0.2, -0.15) is 30.0 Å². The predicted octanol–water partition coefficient (Wildman–Crippen LogP) is 6.37. The summed E-state index contributed by atoms with van der Waals surface area (Å²) in [5.41, 5.74) is 0.820. The van der Waals surface area contributed by atoms with E-state index < -0.39 is 17.8 Å². The van der Waals surface area contributed by atoms with Crippen LogP contribution in [0, 0.1) is 5.41 Å². The first kappa shape index (κ1) is 22.5. The highest BCUT2D eigenvalue weighted by atomic mass is 35.5. The summed E-state index contributed by atoms with van der Waals surface area (Å²) in [6.45, 7) is 2.43. The summed E-state index contributed by atoms with van der Waals surface area (Å²) in [6, 6.07) is 11.1. The van der Waals surface area contributed by atoms with Crippen molar-refractivity contribution in [1.82, 2.24) is 5.01 Å². The molecule has 1 N–H and O–H groups in total. The van der Waals surface area contributed by atoms with Crippen LogP contribution in [0.25, 0.3) is 0 Å². The highest BCUT2D eigenvalue weighted by Gasteiger charge is 2.41. The fraction of sp³-hybridized carbons (Fsp3) is 0.333. The molecule has 9 heteroatoms. The Morgan fingerprint density at radius 3 is 2.40 bits per heavy atom. The number of urea groups is 1. The molecule has 1 aliphatic rings. The molecule has 1 aliphatic heterocycles. The van der Waals surface area contributed by atoms with E-state index in [0.717, 1.165) is 35.6 Å². The number of hydrogen-bond acceptors (Lipinski definition) is 3. The number of amides is 2. The van der Waals surface area contributed by atoms with Crippen molar-refractivity contribution in [2.75, 3.05) is 23.9 Å². The first-order valence-corrected chi connectivity index (χ1v) is 11.0. The maximum Gasteiger partial charge on any atom is 0.416 e. The maximum absolute atomic E-state index is 12.7. The summed E-state index contributed by atoms with van der Waals surface area (Å²) in [6.07, 6.45) is -1.58. The fourth-order valence-electron chi connectivity index (χ4n) is 3.27. The normalized spacial score (nSPS) is 19.0. The zero-order valence-corrected chi connectivity index (χ0v) is 18.0. The number of alkyl halides is 3. The third-order valence-electron chi connectivity index (χ3n) is 4.96. The minimum Gasteiger partial charge on any atom is -0.306 e. The van der Waals surface area contributed by atoms with E-state index in [2.05, 4.69) is 17.3 Å². The van der Waals surface area contributed by atoms with E-state index in [1.807, 2.05) is 18.4 Å². The summed E-state index contributed by atoms with van der Waals surface area (Å²) in [4.78, 5) is 12.7. The molecule has 1 heterocycles. The van der Waals surface area contributed by atoms with Crippen molar-refractivity contribution in [2.24, 2.45) is 10.5 Å². The molecule has 0 radical (unpaired) electrons. The molecule has 0 fully saturated rings. The molecular formula is C21H21ClF3N3OS. The van der Waals surface area contributed by atoms with Gasteiger partial charge in [-0.15, -0.1) is 0 Å². The first-order chi connectivity index (χ1) is 14.1. The van der Waals surface area contributed by atoms with Crippen LogP contribution in [0.5, 0.6) is 0 Å². The molecule has 30 heavy (non-hydrogen) atoms. The zero-order valence-electron chi connectivity index (χ0n) is 16.5. The van der Waals surface area contributed by atoms with Crippen LogP contribution in [0.15, 0.2) is 53.6 Å². The van der Waals surface area contributed by atoms with Gasteiger partial charge in [-0.05, 0) is 60.4 Å².